The number of nitrogens with one attached hydrogen (secondary N) is 1. The zero-order valence-corrected chi connectivity index (χ0v) is 17.7. The molecule has 0 bridgehead atoms. The molecule has 162 valence electrons. The van der Waals surface area contributed by atoms with Gasteiger partial charge in [0.2, 0.25) is 0 Å². The van der Waals surface area contributed by atoms with E-state index >= 15 is 0 Å². The molecule has 0 amide bonds. The van der Waals surface area contributed by atoms with Gasteiger partial charge in [0.15, 0.2) is 17.0 Å². The number of fused-ring (bicyclic) bond motifs is 2. The molecule has 3 aromatic heterocycles. The van der Waals surface area contributed by atoms with E-state index in [4.69, 9.17) is 14.7 Å². The van der Waals surface area contributed by atoms with Crippen LogP contribution in [-0.2, 0) is 11.2 Å². The number of aromatic nitrogens is 5. The van der Waals surface area contributed by atoms with E-state index in [9.17, 15) is 5.11 Å². The Morgan fingerprint density at radius 3 is 2.90 bits per heavy atom. The lowest BCUT2D eigenvalue weighted by atomic mass is 9.74. The Kier molecular flexibility index (Phi) is 4.36. The van der Waals surface area contributed by atoms with Crippen LogP contribution in [0.25, 0.3) is 11.2 Å². The van der Waals surface area contributed by atoms with Crippen molar-refractivity contribution in [3.63, 3.8) is 0 Å². The minimum absolute atomic E-state index is 0.0822. The van der Waals surface area contributed by atoms with Crippen molar-refractivity contribution < 1.29 is 9.84 Å². The van der Waals surface area contributed by atoms with Crippen LogP contribution >= 0.6 is 0 Å². The Hall–Kier alpha value is -2.78. The smallest absolute Gasteiger partial charge is 0.183 e. The van der Waals surface area contributed by atoms with E-state index < -0.39 is 0 Å². The van der Waals surface area contributed by atoms with Gasteiger partial charge in [-0.2, -0.15) is 5.10 Å². The highest BCUT2D eigenvalue weighted by Gasteiger charge is 2.48. The summed E-state index contributed by atoms with van der Waals surface area (Å²) in [6.45, 7) is 5.15. The fourth-order valence-electron chi connectivity index (χ4n) is 5.33. The second kappa shape index (κ2) is 7.13. The monoisotopic (exact) mass is 421 g/mol. The first-order valence-electron chi connectivity index (χ1n) is 11.1. The van der Waals surface area contributed by atoms with Gasteiger partial charge < -0.3 is 19.6 Å². The summed E-state index contributed by atoms with van der Waals surface area (Å²) in [5.41, 5.74) is 3.55. The Bertz CT molecular complexity index is 1110. The average Bonchev–Trinajstić information content (AvgIpc) is 3.36. The molecule has 6 heterocycles. The minimum atomic E-state index is -0.389. The number of aromatic amines is 1. The van der Waals surface area contributed by atoms with Crippen molar-refractivity contribution in [1.29, 1.82) is 0 Å². The van der Waals surface area contributed by atoms with E-state index in [1.54, 1.807) is 0 Å². The number of hydrogen-bond acceptors (Lipinski definition) is 8. The van der Waals surface area contributed by atoms with Crippen molar-refractivity contribution in [2.24, 2.45) is 5.41 Å². The number of aliphatic hydroxyl groups is 1. The average molecular weight is 422 g/mol. The van der Waals surface area contributed by atoms with Crippen LogP contribution in [0.1, 0.15) is 31.9 Å². The summed E-state index contributed by atoms with van der Waals surface area (Å²) < 4.78 is 5.72. The quantitative estimate of drug-likeness (QED) is 0.649. The second-order valence-electron chi connectivity index (χ2n) is 9.01. The van der Waals surface area contributed by atoms with Gasteiger partial charge in [0.05, 0.1) is 36.4 Å². The standard InChI is InChI=1S/C22H27N7O2/c1-14-19(30)22(13-31-14)6-10-28(11-7-22)17-12-24-18-20(25-17)26-27-21(18)29-9-3-4-15-16(29)5-2-8-23-15/h2,5,8,12,14,19,30H,3-4,6-7,9-11,13H2,1H3,(H,25,26,27)/t14-,19?/m0/s1. The van der Waals surface area contributed by atoms with Gasteiger partial charge >= 0.3 is 0 Å². The van der Waals surface area contributed by atoms with E-state index in [0.717, 1.165) is 73.9 Å². The molecule has 2 saturated heterocycles. The molecule has 3 aromatic rings. The Morgan fingerprint density at radius 1 is 1.23 bits per heavy atom. The van der Waals surface area contributed by atoms with Crippen LogP contribution in [-0.4, -0.2) is 68.7 Å². The van der Waals surface area contributed by atoms with Gasteiger partial charge in [-0.25, -0.2) is 9.97 Å². The maximum Gasteiger partial charge on any atom is 0.183 e. The highest BCUT2D eigenvalue weighted by atomic mass is 16.5. The Morgan fingerprint density at radius 2 is 2.10 bits per heavy atom. The van der Waals surface area contributed by atoms with Crippen LogP contribution in [0, 0.1) is 5.41 Å². The van der Waals surface area contributed by atoms with Crippen LogP contribution in [0.4, 0.5) is 17.3 Å². The van der Waals surface area contributed by atoms with E-state index in [1.807, 2.05) is 25.4 Å². The molecule has 1 spiro atoms. The fourth-order valence-corrected chi connectivity index (χ4v) is 5.33. The third-order valence-corrected chi connectivity index (χ3v) is 7.24. The fraction of sp³-hybridized carbons (Fsp3) is 0.545. The summed E-state index contributed by atoms with van der Waals surface area (Å²) in [6.07, 6.45) is 7.03. The van der Waals surface area contributed by atoms with Crippen molar-refractivity contribution in [3.05, 3.63) is 30.2 Å². The van der Waals surface area contributed by atoms with E-state index in [0.29, 0.717) is 12.3 Å². The highest BCUT2D eigenvalue weighted by Crippen LogP contribution is 2.43. The summed E-state index contributed by atoms with van der Waals surface area (Å²) >= 11 is 0. The van der Waals surface area contributed by atoms with Crippen molar-refractivity contribution in [2.75, 3.05) is 36.0 Å². The first kappa shape index (κ1) is 18.9. The SMILES string of the molecule is C[C@@H]1OCC2(CCN(c3cnc4c(N5CCCc6ncccc65)n[nH]c4n3)CC2)C1O. The summed E-state index contributed by atoms with van der Waals surface area (Å²) in [5, 5.41) is 18.2. The molecule has 2 fully saturated rings. The number of rotatable bonds is 2. The van der Waals surface area contributed by atoms with Crippen LogP contribution in [0.15, 0.2) is 24.5 Å². The maximum absolute atomic E-state index is 10.6. The molecule has 0 saturated carbocycles. The van der Waals surface area contributed by atoms with Gasteiger partial charge in [0.1, 0.15) is 5.82 Å². The van der Waals surface area contributed by atoms with E-state index in [-0.39, 0.29) is 17.6 Å². The Labute approximate surface area is 180 Å². The molecule has 9 nitrogen and oxygen atoms in total. The molecule has 31 heavy (non-hydrogen) atoms. The summed E-state index contributed by atoms with van der Waals surface area (Å²) in [4.78, 5) is 18.5. The van der Waals surface area contributed by atoms with Crippen molar-refractivity contribution in [1.82, 2.24) is 25.1 Å². The predicted octanol–water partition coefficient (Wildman–Crippen LogP) is 2.20. The summed E-state index contributed by atoms with van der Waals surface area (Å²) in [6, 6.07) is 4.06. The van der Waals surface area contributed by atoms with Crippen molar-refractivity contribution in [3.8, 4) is 0 Å². The molecule has 0 radical (unpaired) electrons. The van der Waals surface area contributed by atoms with Gasteiger partial charge in [-0.05, 0) is 44.7 Å². The number of pyridine rings is 1. The first-order valence-corrected chi connectivity index (χ1v) is 11.1. The molecule has 3 aliphatic heterocycles. The van der Waals surface area contributed by atoms with Gasteiger partial charge in [-0.15, -0.1) is 0 Å². The molecule has 2 N–H and O–H groups in total. The zero-order valence-electron chi connectivity index (χ0n) is 17.7. The second-order valence-corrected chi connectivity index (χ2v) is 9.01. The van der Waals surface area contributed by atoms with Gasteiger partial charge in [0.25, 0.3) is 0 Å². The van der Waals surface area contributed by atoms with E-state index in [1.165, 1.54) is 0 Å². The lowest BCUT2D eigenvalue weighted by molar-refractivity contribution is 0.0250. The normalized spacial score (nSPS) is 25.4. The third kappa shape index (κ3) is 2.98. The number of piperidine rings is 1. The molecular formula is C22H27N7O2. The lowest BCUT2D eigenvalue weighted by Gasteiger charge is -2.40. The number of nitrogens with zero attached hydrogens (tertiary/aromatic N) is 6. The summed E-state index contributed by atoms with van der Waals surface area (Å²) in [7, 11) is 0. The molecule has 0 aliphatic carbocycles. The predicted molar refractivity (Wildman–Crippen MR) is 117 cm³/mol. The maximum atomic E-state index is 10.6. The molecule has 2 atom stereocenters. The van der Waals surface area contributed by atoms with Gasteiger partial charge in [-0.3, -0.25) is 10.1 Å². The van der Waals surface area contributed by atoms with Crippen molar-refractivity contribution in [2.45, 2.75) is 44.8 Å². The van der Waals surface area contributed by atoms with Crippen LogP contribution in [0.2, 0.25) is 0 Å². The number of aliphatic hydroxyl groups excluding tert-OH is 1. The molecule has 9 heteroatoms. The molecular weight excluding hydrogens is 394 g/mol. The third-order valence-electron chi connectivity index (χ3n) is 7.24. The number of ether oxygens (including phenoxy) is 1. The summed E-state index contributed by atoms with van der Waals surface area (Å²) in [5.74, 6) is 1.65. The highest BCUT2D eigenvalue weighted by molar-refractivity contribution is 5.87. The number of anilines is 3. The lowest BCUT2D eigenvalue weighted by Crippen LogP contribution is -2.47. The Balaban J connectivity index is 1.25. The van der Waals surface area contributed by atoms with Gasteiger partial charge in [0, 0.05) is 31.2 Å². The molecule has 0 aromatic carbocycles. The zero-order chi connectivity index (χ0) is 21.0. The van der Waals surface area contributed by atoms with Gasteiger partial charge in [-0.1, -0.05) is 0 Å². The molecule has 6 rings (SSSR count). The van der Waals surface area contributed by atoms with Crippen LogP contribution < -0.4 is 9.80 Å². The van der Waals surface area contributed by atoms with E-state index in [2.05, 4.69) is 31.0 Å². The number of H-pyrrole nitrogens is 1. The molecule has 1 unspecified atom stereocenters. The molecule has 3 aliphatic rings. The van der Waals surface area contributed by atoms with Crippen LogP contribution in [0.5, 0.6) is 0 Å². The minimum Gasteiger partial charge on any atom is -0.390 e. The van der Waals surface area contributed by atoms with Crippen molar-refractivity contribution >= 4 is 28.5 Å². The number of aryl methyl sites for hydroxylation is 1. The topological polar surface area (TPSA) is 103 Å². The van der Waals surface area contributed by atoms with Crippen LogP contribution in [0.3, 0.4) is 0 Å². The first-order chi connectivity index (χ1) is 15.1. The number of hydrogen-bond donors (Lipinski definition) is 2. The largest absolute Gasteiger partial charge is 0.390 e.